The van der Waals surface area contributed by atoms with Gasteiger partial charge in [-0.1, -0.05) is 6.42 Å². The Kier molecular flexibility index (Phi) is 8.40. The Labute approximate surface area is 194 Å². The Bertz CT molecular complexity index is 1080. The van der Waals surface area contributed by atoms with E-state index in [0.717, 1.165) is 24.8 Å². The number of sulfonamides is 1. The second-order valence-electron chi connectivity index (χ2n) is 7.96. The Morgan fingerprint density at radius 1 is 1.15 bits per heavy atom. The highest BCUT2D eigenvalue weighted by atomic mass is 32.2. The molecule has 1 saturated heterocycles. The number of carbonyl (C=O) groups is 2. The van der Waals surface area contributed by atoms with E-state index in [1.54, 1.807) is 12.4 Å². The summed E-state index contributed by atoms with van der Waals surface area (Å²) in [5.41, 5.74) is 1.12. The van der Waals surface area contributed by atoms with Crippen molar-refractivity contribution in [3.8, 4) is 5.75 Å². The number of nitrogens with zero attached hydrogens (tertiary/aromatic N) is 2. The monoisotopic (exact) mass is 474 g/mol. The van der Waals surface area contributed by atoms with Crippen molar-refractivity contribution < 1.29 is 22.7 Å². The summed E-state index contributed by atoms with van der Waals surface area (Å²) in [4.78, 5) is 28.6. The molecule has 33 heavy (non-hydrogen) atoms. The normalized spacial score (nSPS) is 16.7. The van der Waals surface area contributed by atoms with E-state index >= 15 is 0 Å². The highest BCUT2D eigenvalue weighted by Crippen LogP contribution is 2.31. The summed E-state index contributed by atoms with van der Waals surface area (Å²) in [6.07, 6.45) is 5.99. The Hall–Kier alpha value is -2.98. The van der Waals surface area contributed by atoms with Crippen LogP contribution in [0.15, 0.2) is 47.6 Å². The molecule has 0 saturated carbocycles. The molecule has 9 nitrogen and oxygen atoms in total. The van der Waals surface area contributed by atoms with E-state index in [4.69, 9.17) is 4.74 Å². The van der Waals surface area contributed by atoms with Crippen LogP contribution in [-0.4, -0.2) is 55.8 Å². The SMILES string of the molecule is COc1ccc(C(=O)NCCC(=O)NCc2ccncc2)cc1S(=O)(=O)N1CCCCC1C. The fourth-order valence-electron chi connectivity index (χ4n) is 3.76. The first-order valence-electron chi connectivity index (χ1n) is 11.0. The number of piperidine rings is 1. The van der Waals surface area contributed by atoms with Gasteiger partial charge in [-0.2, -0.15) is 4.31 Å². The topological polar surface area (TPSA) is 118 Å². The van der Waals surface area contributed by atoms with Crippen LogP contribution in [0.2, 0.25) is 0 Å². The molecule has 1 fully saturated rings. The van der Waals surface area contributed by atoms with Crippen LogP contribution < -0.4 is 15.4 Å². The van der Waals surface area contributed by atoms with Crippen LogP contribution in [-0.2, 0) is 21.4 Å². The second-order valence-corrected chi connectivity index (χ2v) is 9.82. The molecule has 1 unspecified atom stereocenters. The third-order valence-electron chi connectivity index (χ3n) is 5.63. The molecule has 1 aromatic heterocycles. The van der Waals surface area contributed by atoms with E-state index in [9.17, 15) is 18.0 Å². The van der Waals surface area contributed by atoms with Crippen molar-refractivity contribution in [3.05, 3.63) is 53.9 Å². The summed E-state index contributed by atoms with van der Waals surface area (Å²) in [6, 6.07) is 7.84. The predicted molar refractivity (Wildman–Crippen MR) is 123 cm³/mol. The Morgan fingerprint density at radius 3 is 2.61 bits per heavy atom. The summed E-state index contributed by atoms with van der Waals surface area (Å²) in [5.74, 6) is -0.466. The van der Waals surface area contributed by atoms with Gasteiger partial charge in [0.05, 0.1) is 7.11 Å². The molecule has 0 radical (unpaired) electrons. The Morgan fingerprint density at radius 2 is 1.91 bits per heavy atom. The lowest BCUT2D eigenvalue weighted by Gasteiger charge is -2.32. The van der Waals surface area contributed by atoms with E-state index in [1.807, 2.05) is 19.1 Å². The van der Waals surface area contributed by atoms with Crippen molar-refractivity contribution in [2.75, 3.05) is 20.2 Å². The number of pyridine rings is 1. The molecule has 0 bridgehead atoms. The van der Waals surface area contributed by atoms with Crippen LogP contribution in [0.4, 0.5) is 0 Å². The number of carbonyl (C=O) groups excluding carboxylic acids is 2. The van der Waals surface area contributed by atoms with E-state index in [0.29, 0.717) is 13.1 Å². The molecule has 1 aliphatic heterocycles. The maximum Gasteiger partial charge on any atom is 0.251 e. The summed E-state index contributed by atoms with van der Waals surface area (Å²) >= 11 is 0. The number of nitrogens with one attached hydrogen (secondary N) is 2. The van der Waals surface area contributed by atoms with Crippen LogP contribution >= 0.6 is 0 Å². The second kappa shape index (κ2) is 11.2. The van der Waals surface area contributed by atoms with Gasteiger partial charge in [0.25, 0.3) is 5.91 Å². The maximum absolute atomic E-state index is 13.3. The van der Waals surface area contributed by atoms with Crippen LogP contribution in [0.1, 0.15) is 48.5 Å². The zero-order valence-electron chi connectivity index (χ0n) is 18.9. The molecule has 1 atom stereocenters. The minimum absolute atomic E-state index is 0.0264. The molecule has 0 aliphatic carbocycles. The van der Waals surface area contributed by atoms with Gasteiger partial charge in [0.15, 0.2) is 0 Å². The van der Waals surface area contributed by atoms with Crippen LogP contribution in [0.3, 0.4) is 0 Å². The van der Waals surface area contributed by atoms with Crippen molar-refractivity contribution >= 4 is 21.8 Å². The van der Waals surface area contributed by atoms with Gasteiger partial charge in [-0.15, -0.1) is 0 Å². The van der Waals surface area contributed by atoms with Crippen molar-refractivity contribution in [1.29, 1.82) is 0 Å². The van der Waals surface area contributed by atoms with Crippen LogP contribution in [0.5, 0.6) is 5.75 Å². The van der Waals surface area contributed by atoms with Gasteiger partial charge < -0.3 is 15.4 Å². The predicted octanol–water partition coefficient (Wildman–Crippen LogP) is 2.09. The third-order valence-corrected chi connectivity index (χ3v) is 7.67. The van der Waals surface area contributed by atoms with Crippen molar-refractivity contribution in [1.82, 2.24) is 19.9 Å². The minimum Gasteiger partial charge on any atom is -0.495 e. The maximum atomic E-state index is 13.3. The highest BCUT2D eigenvalue weighted by molar-refractivity contribution is 7.89. The number of ether oxygens (including phenoxy) is 1. The number of methoxy groups -OCH3 is 1. The molecule has 2 heterocycles. The number of hydrogen-bond donors (Lipinski definition) is 2. The lowest BCUT2D eigenvalue weighted by molar-refractivity contribution is -0.121. The summed E-state index contributed by atoms with van der Waals surface area (Å²) in [6.45, 7) is 2.83. The lowest BCUT2D eigenvalue weighted by atomic mass is 10.1. The quantitative estimate of drug-likeness (QED) is 0.575. The number of amides is 2. The Balaban J connectivity index is 1.62. The van der Waals surface area contributed by atoms with Gasteiger partial charge in [0.1, 0.15) is 10.6 Å². The number of aromatic nitrogens is 1. The van der Waals surface area contributed by atoms with Crippen LogP contribution in [0.25, 0.3) is 0 Å². The van der Waals surface area contributed by atoms with Crippen LogP contribution in [0, 0.1) is 0 Å². The molecule has 10 heteroatoms. The lowest BCUT2D eigenvalue weighted by Crippen LogP contribution is -2.42. The smallest absolute Gasteiger partial charge is 0.251 e. The first-order valence-corrected chi connectivity index (χ1v) is 12.4. The molecule has 2 aromatic rings. The van der Waals surface area contributed by atoms with Gasteiger partial charge in [-0.25, -0.2) is 8.42 Å². The molecule has 178 valence electrons. The number of rotatable bonds is 9. The van der Waals surface area contributed by atoms with Gasteiger partial charge in [-0.3, -0.25) is 14.6 Å². The molecule has 3 rings (SSSR count). The average molecular weight is 475 g/mol. The fourth-order valence-corrected chi connectivity index (χ4v) is 5.64. The average Bonchev–Trinajstić information content (AvgIpc) is 2.83. The third kappa shape index (κ3) is 6.29. The number of hydrogen-bond acceptors (Lipinski definition) is 6. The highest BCUT2D eigenvalue weighted by Gasteiger charge is 2.33. The van der Waals surface area contributed by atoms with E-state index in [-0.39, 0.29) is 41.1 Å². The first kappa shape index (κ1) is 24.7. The molecular weight excluding hydrogens is 444 g/mol. The molecule has 1 aromatic carbocycles. The van der Waals surface area contributed by atoms with Crippen molar-refractivity contribution in [2.45, 2.75) is 50.1 Å². The molecule has 2 N–H and O–H groups in total. The molecular formula is C23H30N4O5S. The van der Waals surface area contributed by atoms with Gasteiger partial charge >= 0.3 is 0 Å². The van der Waals surface area contributed by atoms with E-state index < -0.39 is 15.9 Å². The zero-order chi connectivity index (χ0) is 23.8. The molecule has 0 spiro atoms. The largest absolute Gasteiger partial charge is 0.495 e. The van der Waals surface area contributed by atoms with Gasteiger partial charge in [0.2, 0.25) is 15.9 Å². The van der Waals surface area contributed by atoms with Gasteiger partial charge in [-0.05, 0) is 55.7 Å². The fraction of sp³-hybridized carbons (Fsp3) is 0.435. The number of benzene rings is 1. The van der Waals surface area contributed by atoms with Crippen molar-refractivity contribution in [3.63, 3.8) is 0 Å². The molecule has 1 aliphatic rings. The minimum atomic E-state index is -3.82. The molecule has 2 amide bonds. The van der Waals surface area contributed by atoms with Crippen molar-refractivity contribution in [2.24, 2.45) is 0 Å². The van der Waals surface area contributed by atoms with E-state index in [2.05, 4.69) is 15.6 Å². The zero-order valence-corrected chi connectivity index (χ0v) is 19.7. The summed E-state index contributed by atoms with van der Waals surface area (Å²) < 4.78 is 33.4. The van der Waals surface area contributed by atoms with Gasteiger partial charge in [0, 0.05) is 50.1 Å². The standard InChI is InChI=1S/C23H30N4O5S/c1-17-5-3-4-14-27(17)33(30,31)21-15-19(6-7-20(21)32-2)23(29)25-13-10-22(28)26-16-18-8-11-24-12-9-18/h6-9,11-12,15,17H,3-5,10,13-14,16H2,1-2H3,(H,25,29)(H,26,28). The van der Waals surface area contributed by atoms with E-state index in [1.165, 1.54) is 29.6 Å². The first-order chi connectivity index (χ1) is 15.8. The summed E-state index contributed by atoms with van der Waals surface area (Å²) in [7, 11) is -2.42. The summed E-state index contributed by atoms with van der Waals surface area (Å²) in [5, 5.41) is 5.45.